The number of carbonyl (C=O) groups excluding carboxylic acids is 2. The summed E-state index contributed by atoms with van der Waals surface area (Å²) in [5.41, 5.74) is 0. The maximum absolute atomic E-state index is 12.9. The average Bonchev–Trinajstić information content (AvgIpc) is 3.35. The molecule has 0 saturated carbocycles. The molecule has 0 spiro atoms. The van der Waals surface area contributed by atoms with Crippen LogP contribution in [0.25, 0.3) is 0 Å². The Hall–Kier alpha value is -2.49. The highest BCUT2D eigenvalue weighted by atomic mass is 16.7. The van der Waals surface area contributed by atoms with E-state index in [1.165, 1.54) is 193 Å². The van der Waals surface area contributed by atoms with E-state index in [1.54, 1.807) is 0 Å². The Bertz CT molecular complexity index is 1270. The van der Waals surface area contributed by atoms with Crippen molar-refractivity contribution in [2.24, 2.45) is 0 Å². The first kappa shape index (κ1) is 69.5. The molecular formula is C63H118NO8+. The van der Waals surface area contributed by atoms with Gasteiger partial charge in [-0.25, -0.2) is 4.79 Å². The number of hydrogen-bond acceptors (Lipinski definition) is 7. The van der Waals surface area contributed by atoms with Gasteiger partial charge in [-0.05, 0) is 44.9 Å². The van der Waals surface area contributed by atoms with Crippen LogP contribution in [0, 0.1) is 0 Å². The lowest BCUT2D eigenvalue weighted by atomic mass is 10.0. The number of unbranched alkanes of at least 4 members (excludes halogenated alkanes) is 36. The van der Waals surface area contributed by atoms with Crippen molar-refractivity contribution in [3.05, 3.63) is 36.5 Å². The van der Waals surface area contributed by atoms with Crippen LogP contribution < -0.4 is 0 Å². The van der Waals surface area contributed by atoms with Crippen molar-refractivity contribution in [2.75, 3.05) is 47.5 Å². The number of carbonyl (C=O) groups is 3. The van der Waals surface area contributed by atoms with Crippen LogP contribution in [0.1, 0.15) is 290 Å². The van der Waals surface area contributed by atoms with Crippen LogP contribution in [0.15, 0.2) is 36.5 Å². The molecular weight excluding hydrogens is 899 g/mol. The van der Waals surface area contributed by atoms with E-state index in [9.17, 15) is 19.5 Å². The number of allylic oxidation sites excluding steroid dienone is 6. The van der Waals surface area contributed by atoms with Crippen LogP contribution >= 0.6 is 0 Å². The van der Waals surface area contributed by atoms with Crippen LogP contribution in [0.5, 0.6) is 0 Å². The molecule has 0 amide bonds. The third kappa shape index (κ3) is 55.3. The van der Waals surface area contributed by atoms with Gasteiger partial charge in [-0.15, -0.1) is 0 Å². The number of carboxylic acids is 1. The van der Waals surface area contributed by atoms with Crippen LogP contribution in [0.3, 0.4) is 0 Å². The van der Waals surface area contributed by atoms with Crippen LogP contribution in [0.4, 0.5) is 0 Å². The molecule has 0 heterocycles. The lowest BCUT2D eigenvalue weighted by Crippen LogP contribution is -2.40. The Kier molecular flexibility index (Phi) is 52.9. The number of nitrogens with zero attached hydrogens (tertiary/aromatic N) is 1. The van der Waals surface area contributed by atoms with Gasteiger partial charge in [0.1, 0.15) is 13.2 Å². The summed E-state index contributed by atoms with van der Waals surface area (Å²) in [6.07, 6.45) is 63.9. The van der Waals surface area contributed by atoms with Crippen molar-refractivity contribution in [1.29, 1.82) is 0 Å². The summed E-state index contributed by atoms with van der Waals surface area (Å²) in [6, 6.07) is 0. The van der Waals surface area contributed by atoms with Gasteiger partial charge in [0.05, 0.1) is 34.4 Å². The van der Waals surface area contributed by atoms with Gasteiger partial charge in [-0.1, -0.05) is 269 Å². The van der Waals surface area contributed by atoms with Crippen LogP contribution in [-0.4, -0.2) is 87.4 Å². The standard InChI is InChI=1S/C63H117NO8/c1-6-8-10-12-14-16-18-20-22-24-25-26-27-28-29-30-31-32-33-34-35-36-38-39-41-43-45-47-49-51-53-60(65)70-57-59(58-71-63(62(67)68)69-56-55-64(3,4)5)72-61(66)54-52-50-48-46-44-42-40-37-23-21-19-17-15-13-11-9-7-2/h9,11,15,17,21,23,59,63H,6-8,10,12-14,16,18-20,22,24-58H2,1-5H3/p+1/b11-9-,17-15-,23-21-. The van der Waals surface area contributed by atoms with Crippen molar-refractivity contribution in [3.63, 3.8) is 0 Å². The molecule has 72 heavy (non-hydrogen) atoms. The Balaban J connectivity index is 4.09. The third-order valence-corrected chi connectivity index (χ3v) is 13.7. The molecule has 0 aliphatic carbocycles. The number of rotatable bonds is 57. The molecule has 9 nitrogen and oxygen atoms in total. The number of esters is 2. The number of ether oxygens (including phenoxy) is 4. The van der Waals surface area contributed by atoms with Gasteiger partial charge < -0.3 is 28.5 Å². The van der Waals surface area contributed by atoms with Crippen molar-refractivity contribution in [2.45, 2.75) is 302 Å². The third-order valence-electron chi connectivity index (χ3n) is 13.7. The second-order valence-electron chi connectivity index (χ2n) is 22.0. The quantitative estimate of drug-likeness (QED) is 0.0211. The average molecular weight is 1020 g/mol. The predicted octanol–water partition coefficient (Wildman–Crippen LogP) is 18.1. The van der Waals surface area contributed by atoms with E-state index in [0.29, 0.717) is 23.9 Å². The van der Waals surface area contributed by atoms with E-state index in [1.807, 2.05) is 21.1 Å². The summed E-state index contributed by atoms with van der Waals surface area (Å²) < 4.78 is 22.9. The number of aliphatic carboxylic acids is 1. The van der Waals surface area contributed by atoms with Gasteiger partial charge >= 0.3 is 17.9 Å². The molecule has 422 valence electrons. The molecule has 0 bridgehead atoms. The highest BCUT2D eigenvalue weighted by molar-refractivity contribution is 5.71. The zero-order valence-electron chi connectivity index (χ0n) is 48.1. The zero-order chi connectivity index (χ0) is 52.7. The van der Waals surface area contributed by atoms with E-state index in [-0.39, 0.29) is 32.2 Å². The highest BCUT2D eigenvalue weighted by Crippen LogP contribution is 2.18. The van der Waals surface area contributed by atoms with E-state index in [0.717, 1.165) is 64.2 Å². The molecule has 9 heteroatoms. The Morgan fingerprint density at radius 3 is 1.18 bits per heavy atom. The van der Waals surface area contributed by atoms with Gasteiger partial charge in [0.2, 0.25) is 0 Å². The summed E-state index contributed by atoms with van der Waals surface area (Å²) in [5.74, 6) is -2.00. The minimum atomic E-state index is -1.51. The van der Waals surface area contributed by atoms with Gasteiger partial charge in [0, 0.05) is 12.8 Å². The van der Waals surface area contributed by atoms with E-state index in [2.05, 4.69) is 50.3 Å². The maximum Gasteiger partial charge on any atom is 0.361 e. The van der Waals surface area contributed by atoms with Crippen LogP contribution in [0.2, 0.25) is 0 Å². The van der Waals surface area contributed by atoms with Crippen molar-refractivity contribution >= 4 is 17.9 Å². The first-order valence-corrected chi connectivity index (χ1v) is 30.7. The summed E-state index contributed by atoms with van der Waals surface area (Å²) in [7, 11) is 5.97. The van der Waals surface area contributed by atoms with Gasteiger partial charge in [0.25, 0.3) is 6.29 Å². The van der Waals surface area contributed by atoms with Gasteiger partial charge in [-0.3, -0.25) is 9.59 Å². The monoisotopic (exact) mass is 1020 g/mol. The molecule has 0 radical (unpaired) electrons. The van der Waals surface area contributed by atoms with E-state index >= 15 is 0 Å². The van der Waals surface area contributed by atoms with Gasteiger partial charge in [0.15, 0.2) is 6.10 Å². The van der Waals surface area contributed by atoms with E-state index in [4.69, 9.17) is 18.9 Å². The summed E-state index contributed by atoms with van der Waals surface area (Å²) in [6.45, 7) is 4.80. The SMILES string of the molecule is CC/C=C\C/C=C\C/C=C\CCCCCCCCCC(=O)OC(COC(=O)CCCCCCCCCCCCCCCCCCCCCCCCCCCCCCCC)COC(OCC[N+](C)(C)C)C(=O)O. The molecule has 0 aliphatic heterocycles. The fourth-order valence-electron chi connectivity index (χ4n) is 8.97. The number of likely N-dealkylation sites (N-methyl/N-ethyl adjacent to an activating group) is 1. The lowest BCUT2D eigenvalue weighted by molar-refractivity contribution is -0.870. The summed E-state index contributed by atoms with van der Waals surface area (Å²) in [5, 5.41) is 9.70. The van der Waals surface area contributed by atoms with Crippen LogP contribution in [-0.2, 0) is 33.3 Å². The minimum Gasteiger partial charge on any atom is -0.477 e. The molecule has 0 aromatic carbocycles. The lowest BCUT2D eigenvalue weighted by Gasteiger charge is -2.25. The summed E-state index contributed by atoms with van der Waals surface area (Å²) in [4.78, 5) is 37.4. The molecule has 0 aromatic rings. The second kappa shape index (κ2) is 54.8. The Labute approximate surface area is 445 Å². The van der Waals surface area contributed by atoms with Crippen molar-refractivity contribution in [3.8, 4) is 0 Å². The molecule has 2 unspecified atom stereocenters. The predicted molar refractivity (Wildman–Crippen MR) is 304 cm³/mol. The van der Waals surface area contributed by atoms with Crippen molar-refractivity contribution in [1.82, 2.24) is 0 Å². The molecule has 1 N–H and O–H groups in total. The van der Waals surface area contributed by atoms with E-state index < -0.39 is 24.3 Å². The van der Waals surface area contributed by atoms with Gasteiger partial charge in [-0.2, -0.15) is 0 Å². The molecule has 0 aromatic heterocycles. The topological polar surface area (TPSA) is 108 Å². The Morgan fingerprint density at radius 1 is 0.431 bits per heavy atom. The molecule has 0 fully saturated rings. The zero-order valence-corrected chi connectivity index (χ0v) is 48.1. The summed E-state index contributed by atoms with van der Waals surface area (Å²) >= 11 is 0. The number of hydrogen-bond donors (Lipinski definition) is 1. The molecule has 2 atom stereocenters. The largest absolute Gasteiger partial charge is 0.477 e. The second-order valence-corrected chi connectivity index (χ2v) is 22.0. The molecule has 0 rings (SSSR count). The smallest absolute Gasteiger partial charge is 0.361 e. The first-order valence-electron chi connectivity index (χ1n) is 30.7. The highest BCUT2D eigenvalue weighted by Gasteiger charge is 2.25. The number of carboxylic acid groups (broad SMARTS) is 1. The normalized spacial score (nSPS) is 13.0. The fraction of sp³-hybridized carbons (Fsp3) is 0.857. The minimum absolute atomic E-state index is 0.183. The first-order chi connectivity index (χ1) is 35.1. The maximum atomic E-state index is 12.9. The van der Waals surface area contributed by atoms with Crippen molar-refractivity contribution < 1.29 is 42.9 Å². The molecule has 0 aliphatic rings. The fourth-order valence-corrected chi connectivity index (χ4v) is 8.97. The Morgan fingerprint density at radius 2 is 0.792 bits per heavy atom. The number of quaternary nitrogens is 1. The molecule has 0 saturated heterocycles.